The molecule has 1 aromatic heterocycles. The van der Waals surface area contributed by atoms with Crippen LogP contribution in [0.2, 0.25) is 0 Å². The molecule has 4 heteroatoms. The topological polar surface area (TPSA) is 50.9 Å². The molecule has 0 unspecified atom stereocenters. The Bertz CT molecular complexity index is 479. The predicted octanol–water partition coefficient (Wildman–Crippen LogP) is 1.97. The Kier molecular flexibility index (Phi) is 4.47. The number of aliphatic hydroxyl groups is 1. The van der Waals surface area contributed by atoms with E-state index in [0.29, 0.717) is 5.82 Å². The molecule has 96 valence electrons. The second-order valence-electron chi connectivity index (χ2n) is 4.33. The number of hydrogen-bond acceptors (Lipinski definition) is 3. The van der Waals surface area contributed by atoms with Crippen molar-refractivity contribution in [3.8, 4) is 0 Å². The van der Waals surface area contributed by atoms with Crippen LogP contribution in [-0.2, 0) is 26.0 Å². The van der Waals surface area contributed by atoms with Crippen LogP contribution in [-0.4, -0.2) is 19.9 Å². The minimum absolute atomic E-state index is 0.0433. The van der Waals surface area contributed by atoms with Crippen molar-refractivity contribution in [2.75, 3.05) is 0 Å². The molecule has 1 N–H and O–H groups in total. The van der Waals surface area contributed by atoms with Gasteiger partial charge in [0, 0.05) is 13.0 Å². The van der Waals surface area contributed by atoms with Gasteiger partial charge >= 0.3 is 0 Å². The highest BCUT2D eigenvalue weighted by atomic mass is 16.3. The van der Waals surface area contributed by atoms with E-state index in [-0.39, 0.29) is 6.61 Å². The maximum atomic E-state index is 9.22. The van der Waals surface area contributed by atoms with E-state index in [2.05, 4.69) is 29.3 Å². The van der Waals surface area contributed by atoms with Crippen LogP contribution in [0, 0.1) is 0 Å². The van der Waals surface area contributed by atoms with E-state index in [1.54, 1.807) is 0 Å². The van der Waals surface area contributed by atoms with Crippen molar-refractivity contribution in [3.05, 3.63) is 47.5 Å². The Labute approximate surface area is 107 Å². The van der Waals surface area contributed by atoms with Crippen LogP contribution in [0.4, 0.5) is 0 Å². The van der Waals surface area contributed by atoms with Crippen LogP contribution in [0.15, 0.2) is 30.3 Å². The number of aryl methyl sites for hydroxylation is 2. The van der Waals surface area contributed by atoms with Crippen molar-refractivity contribution < 1.29 is 5.11 Å². The summed E-state index contributed by atoms with van der Waals surface area (Å²) in [6.07, 6.45) is 2.83. The molecule has 2 rings (SSSR count). The van der Waals surface area contributed by atoms with Gasteiger partial charge in [-0.25, -0.2) is 0 Å². The van der Waals surface area contributed by atoms with Crippen LogP contribution < -0.4 is 0 Å². The van der Waals surface area contributed by atoms with Gasteiger partial charge in [0.2, 0.25) is 0 Å². The minimum atomic E-state index is -0.0433. The molecule has 18 heavy (non-hydrogen) atoms. The van der Waals surface area contributed by atoms with E-state index in [9.17, 15) is 5.11 Å². The van der Waals surface area contributed by atoms with Crippen LogP contribution in [0.3, 0.4) is 0 Å². The molecule has 0 fully saturated rings. The summed E-state index contributed by atoms with van der Waals surface area (Å²) in [4.78, 5) is 0. The fraction of sp³-hybridized carbons (Fsp3) is 0.429. The van der Waals surface area contributed by atoms with Gasteiger partial charge in [0.25, 0.3) is 0 Å². The smallest absolute Gasteiger partial charge is 0.158 e. The van der Waals surface area contributed by atoms with Gasteiger partial charge in [0.15, 0.2) is 5.82 Å². The molecule has 0 saturated heterocycles. The zero-order chi connectivity index (χ0) is 12.8. The van der Waals surface area contributed by atoms with Crippen LogP contribution >= 0.6 is 0 Å². The standard InChI is InChI=1S/C14H19N3O/c1-2-10-17-13(15-16-14(17)11-18)9-8-12-6-4-3-5-7-12/h3-7,18H,2,8-11H2,1H3. The van der Waals surface area contributed by atoms with Crippen LogP contribution in [0.1, 0.15) is 30.6 Å². The summed E-state index contributed by atoms with van der Waals surface area (Å²) in [5.41, 5.74) is 1.30. The Hall–Kier alpha value is -1.68. The van der Waals surface area contributed by atoms with Crippen molar-refractivity contribution in [2.45, 2.75) is 39.3 Å². The van der Waals surface area contributed by atoms with Crippen molar-refractivity contribution in [2.24, 2.45) is 0 Å². The first-order chi connectivity index (χ1) is 8.85. The van der Waals surface area contributed by atoms with Gasteiger partial charge in [-0.2, -0.15) is 0 Å². The van der Waals surface area contributed by atoms with E-state index in [0.717, 1.165) is 31.6 Å². The number of benzene rings is 1. The lowest BCUT2D eigenvalue weighted by molar-refractivity contribution is 0.264. The summed E-state index contributed by atoms with van der Waals surface area (Å²) in [5, 5.41) is 17.4. The summed E-state index contributed by atoms with van der Waals surface area (Å²) >= 11 is 0. The number of aliphatic hydroxyl groups excluding tert-OH is 1. The molecule has 0 aliphatic carbocycles. The molecular weight excluding hydrogens is 226 g/mol. The van der Waals surface area contributed by atoms with Crippen molar-refractivity contribution in [1.29, 1.82) is 0 Å². The van der Waals surface area contributed by atoms with Gasteiger partial charge in [-0.05, 0) is 18.4 Å². The van der Waals surface area contributed by atoms with E-state index in [4.69, 9.17) is 0 Å². The van der Waals surface area contributed by atoms with E-state index >= 15 is 0 Å². The fourth-order valence-corrected chi connectivity index (χ4v) is 2.06. The first kappa shape index (κ1) is 12.8. The van der Waals surface area contributed by atoms with Crippen LogP contribution in [0.5, 0.6) is 0 Å². The van der Waals surface area contributed by atoms with Gasteiger partial charge in [0.1, 0.15) is 12.4 Å². The first-order valence-electron chi connectivity index (χ1n) is 6.41. The van der Waals surface area contributed by atoms with Crippen molar-refractivity contribution >= 4 is 0 Å². The lowest BCUT2D eigenvalue weighted by Gasteiger charge is -2.07. The number of aromatic nitrogens is 3. The second kappa shape index (κ2) is 6.31. The molecule has 0 radical (unpaired) electrons. The zero-order valence-electron chi connectivity index (χ0n) is 10.7. The normalized spacial score (nSPS) is 10.8. The van der Waals surface area contributed by atoms with E-state index in [1.807, 2.05) is 22.8 Å². The number of hydrogen-bond donors (Lipinski definition) is 1. The van der Waals surface area contributed by atoms with Crippen molar-refractivity contribution in [3.63, 3.8) is 0 Å². The summed E-state index contributed by atoms with van der Waals surface area (Å²) in [6.45, 7) is 2.94. The molecule has 2 aromatic rings. The maximum absolute atomic E-state index is 9.22. The lowest BCUT2D eigenvalue weighted by Crippen LogP contribution is -2.08. The lowest BCUT2D eigenvalue weighted by atomic mass is 10.1. The predicted molar refractivity (Wildman–Crippen MR) is 70.1 cm³/mol. The van der Waals surface area contributed by atoms with Gasteiger partial charge in [0.05, 0.1) is 0 Å². The molecule has 0 aliphatic heterocycles. The fourth-order valence-electron chi connectivity index (χ4n) is 2.06. The average molecular weight is 245 g/mol. The summed E-state index contributed by atoms with van der Waals surface area (Å²) in [5.74, 6) is 1.63. The molecule has 0 bridgehead atoms. The molecule has 0 atom stereocenters. The summed E-state index contributed by atoms with van der Waals surface area (Å²) < 4.78 is 2.03. The monoisotopic (exact) mass is 245 g/mol. The van der Waals surface area contributed by atoms with Crippen molar-refractivity contribution in [1.82, 2.24) is 14.8 Å². The molecule has 4 nitrogen and oxygen atoms in total. The third-order valence-electron chi connectivity index (χ3n) is 2.97. The summed E-state index contributed by atoms with van der Waals surface area (Å²) in [6, 6.07) is 10.4. The molecule has 1 heterocycles. The zero-order valence-corrected chi connectivity index (χ0v) is 10.7. The minimum Gasteiger partial charge on any atom is -0.388 e. The molecule has 0 amide bonds. The first-order valence-corrected chi connectivity index (χ1v) is 6.41. The van der Waals surface area contributed by atoms with Gasteiger partial charge in [-0.3, -0.25) is 0 Å². The van der Waals surface area contributed by atoms with E-state index < -0.39 is 0 Å². The maximum Gasteiger partial charge on any atom is 0.158 e. The van der Waals surface area contributed by atoms with E-state index in [1.165, 1.54) is 5.56 Å². The largest absolute Gasteiger partial charge is 0.388 e. The van der Waals surface area contributed by atoms with Gasteiger partial charge in [-0.15, -0.1) is 10.2 Å². The van der Waals surface area contributed by atoms with Crippen LogP contribution in [0.25, 0.3) is 0 Å². The molecule has 0 aliphatic rings. The second-order valence-corrected chi connectivity index (χ2v) is 4.33. The van der Waals surface area contributed by atoms with Gasteiger partial charge in [-0.1, -0.05) is 37.3 Å². The number of rotatable bonds is 6. The third-order valence-corrected chi connectivity index (χ3v) is 2.97. The highest BCUT2D eigenvalue weighted by molar-refractivity contribution is 5.15. The Morgan fingerprint density at radius 3 is 2.44 bits per heavy atom. The third kappa shape index (κ3) is 2.96. The molecule has 1 aromatic carbocycles. The molecule has 0 saturated carbocycles. The quantitative estimate of drug-likeness (QED) is 0.846. The Balaban J connectivity index is 2.07. The Morgan fingerprint density at radius 1 is 1.06 bits per heavy atom. The number of nitrogens with zero attached hydrogens (tertiary/aromatic N) is 3. The van der Waals surface area contributed by atoms with Gasteiger partial charge < -0.3 is 9.67 Å². The molecular formula is C14H19N3O. The SMILES string of the molecule is CCCn1c(CO)nnc1CCc1ccccc1. The summed E-state index contributed by atoms with van der Waals surface area (Å²) in [7, 11) is 0. The molecule has 0 spiro atoms. The average Bonchev–Trinajstić information content (AvgIpc) is 2.80. The highest BCUT2D eigenvalue weighted by Gasteiger charge is 2.10. The highest BCUT2D eigenvalue weighted by Crippen LogP contribution is 2.08. The Morgan fingerprint density at radius 2 is 1.78 bits per heavy atom.